The van der Waals surface area contributed by atoms with Crippen molar-refractivity contribution in [1.29, 1.82) is 0 Å². The number of carbonyl (C=O) groups is 1. The predicted octanol–water partition coefficient (Wildman–Crippen LogP) is 2.46. The predicted molar refractivity (Wildman–Crippen MR) is 108 cm³/mol. The average Bonchev–Trinajstić information content (AvgIpc) is 3.19. The molecule has 28 heavy (non-hydrogen) atoms. The second-order valence-corrected chi connectivity index (χ2v) is 6.93. The summed E-state index contributed by atoms with van der Waals surface area (Å²) in [6, 6.07) is 6.55. The molecule has 0 saturated carbocycles. The van der Waals surface area contributed by atoms with Gasteiger partial charge < -0.3 is 20.3 Å². The van der Waals surface area contributed by atoms with Gasteiger partial charge in [0.05, 0.1) is 19.3 Å². The van der Waals surface area contributed by atoms with Crippen molar-refractivity contribution >= 4 is 29.7 Å². The van der Waals surface area contributed by atoms with E-state index in [0.717, 1.165) is 31.6 Å². The van der Waals surface area contributed by atoms with Crippen LogP contribution in [0, 0.1) is 5.82 Å². The molecule has 1 amide bonds. The van der Waals surface area contributed by atoms with Gasteiger partial charge in [-0.1, -0.05) is 0 Å². The van der Waals surface area contributed by atoms with Crippen LogP contribution in [0.1, 0.15) is 29.4 Å². The highest BCUT2D eigenvalue weighted by molar-refractivity contribution is 6.03. The molecule has 1 atom stereocenters. The number of amides is 1. The van der Waals surface area contributed by atoms with Crippen molar-refractivity contribution in [2.75, 3.05) is 49.6 Å². The van der Waals surface area contributed by atoms with Crippen LogP contribution in [0.2, 0.25) is 0 Å². The molecule has 2 N–H and O–H groups in total. The van der Waals surface area contributed by atoms with Crippen LogP contribution in [-0.2, 0) is 4.74 Å². The maximum Gasteiger partial charge on any atom is 0.276 e. The average molecular weight is 410 g/mol. The Morgan fingerprint density at radius 2 is 2.11 bits per heavy atom. The second kappa shape index (κ2) is 9.36. The summed E-state index contributed by atoms with van der Waals surface area (Å²) in [6.07, 6.45) is 3.97. The molecule has 1 aromatic heterocycles. The first-order chi connectivity index (χ1) is 13.2. The van der Waals surface area contributed by atoms with Gasteiger partial charge in [0.2, 0.25) is 0 Å². The fourth-order valence-electron chi connectivity index (χ4n) is 3.57. The number of hydrogen-bond donors (Lipinski definition) is 2. The SMILES string of the molecule is Cl.O=C(Nc1cc(F)cc(N2CCOCC2)c1)c1ccn(C2CCCNC2)n1. The van der Waals surface area contributed by atoms with Crippen molar-refractivity contribution in [3.63, 3.8) is 0 Å². The molecule has 2 aliphatic heterocycles. The van der Waals surface area contributed by atoms with Gasteiger partial charge in [-0.2, -0.15) is 5.10 Å². The number of halogens is 2. The van der Waals surface area contributed by atoms with Crippen LogP contribution >= 0.6 is 12.4 Å². The van der Waals surface area contributed by atoms with Crippen molar-refractivity contribution in [1.82, 2.24) is 15.1 Å². The van der Waals surface area contributed by atoms with Crippen molar-refractivity contribution < 1.29 is 13.9 Å². The lowest BCUT2D eigenvalue weighted by atomic mass is 10.1. The molecular weight excluding hydrogens is 385 g/mol. The summed E-state index contributed by atoms with van der Waals surface area (Å²) < 4.78 is 21.2. The molecule has 9 heteroatoms. The van der Waals surface area contributed by atoms with Crippen LogP contribution in [-0.4, -0.2) is 55.1 Å². The lowest BCUT2D eigenvalue weighted by Crippen LogP contribution is -2.36. The van der Waals surface area contributed by atoms with Crippen LogP contribution in [0.4, 0.5) is 15.8 Å². The highest BCUT2D eigenvalue weighted by Gasteiger charge is 2.19. The van der Waals surface area contributed by atoms with E-state index < -0.39 is 0 Å². The molecule has 152 valence electrons. The Labute approximate surface area is 169 Å². The van der Waals surface area contributed by atoms with Crippen molar-refractivity contribution in [2.45, 2.75) is 18.9 Å². The van der Waals surface area contributed by atoms with E-state index in [9.17, 15) is 9.18 Å². The quantitative estimate of drug-likeness (QED) is 0.811. The molecule has 4 rings (SSSR count). The summed E-state index contributed by atoms with van der Waals surface area (Å²) in [6.45, 7) is 4.52. The van der Waals surface area contributed by atoms with Gasteiger partial charge in [0.25, 0.3) is 5.91 Å². The third kappa shape index (κ3) is 4.81. The van der Waals surface area contributed by atoms with Crippen LogP contribution in [0.15, 0.2) is 30.5 Å². The maximum atomic E-state index is 14.0. The highest BCUT2D eigenvalue weighted by atomic mass is 35.5. The first-order valence-corrected chi connectivity index (χ1v) is 9.39. The van der Waals surface area contributed by atoms with Crippen LogP contribution in [0.3, 0.4) is 0 Å². The first kappa shape index (κ1) is 20.6. The number of anilines is 2. The number of hydrogen-bond acceptors (Lipinski definition) is 5. The summed E-state index contributed by atoms with van der Waals surface area (Å²) in [7, 11) is 0. The zero-order chi connectivity index (χ0) is 18.6. The maximum absolute atomic E-state index is 14.0. The summed E-state index contributed by atoms with van der Waals surface area (Å²) >= 11 is 0. The Hall–Kier alpha value is -2.16. The fourth-order valence-corrected chi connectivity index (χ4v) is 3.57. The van der Waals surface area contributed by atoms with Gasteiger partial charge in [-0.25, -0.2) is 4.39 Å². The molecule has 2 aliphatic rings. The van der Waals surface area contributed by atoms with Crippen molar-refractivity contribution in [3.8, 4) is 0 Å². The lowest BCUT2D eigenvalue weighted by molar-refractivity contribution is 0.102. The minimum atomic E-state index is -0.381. The van der Waals surface area contributed by atoms with E-state index in [4.69, 9.17) is 4.74 Å². The third-order valence-electron chi connectivity index (χ3n) is 5.00. The molecule has 2 fully saturated rings. The van der Waals surface area contributed by atoms with Crippen molar-refractivity contribution in [3.05, 3.63) is 42.0 Å². The molecule has 2 aromatic rings. The zero-order valence-corrected chi connectivity index (χ0v) is 16.4. The normalized spacial score (nSPS) is 19.8. The molecule has 2 saturated heterocycles. The molecule has 0 aliphatic carbocycles. The van der Waals surface area contributed by atoms with Gasteiger partial charge in [0.1, 0.15) is 5.82 Å². The lowest BCUT2D eigenvalue weighted by Gasteiger charge is -2.29. The number of nitrogens with zero attached hydrogens (tertiary/aromatic N) is 3. The van der Waals surface area contributed by atoms with Gasteiger partial charge in [-0.15, -0.1) is 12.4 Å². The minimum absolute atomic E-state index is 0. The monoisotopic (exact) mass is 409 g/mol. The highest BCUT2D eigenvalue weighted by Crippen LogP contribution is 2.23. The molecule has 7 nitrogen and oxygen atoms in total. The summed E-state index contributed by atoms with van der Waals surface area (Å²) in [4.78, 5) is 14.6. The smallest absolute Gasteiger partial charge is 0.276 e. The molecule has 0 spiro atoms. The van der Waals surface area contributed by atoms with Gasteiger partial charge in [-0.05, 0) is 43.7 Å². The molecule has 0 bridgehead atoms. The van der Waals surface area contributed by atoms with Gasteiger partial charge in [-0.3, -0.25) is 9.48 Å². The topological polar surface area (TPSA) is 71.4 Å². The van der Waals surface area contributed by atoms with E-state index in [-0.39, 0.29) is 30.2 Å². The summed E-state index contributed by atoms with van der Waals surface area (Å²) in [5.41, 5.74) is 1.50. The van der Waals surface area contributed by atoms with Crippen LogP contribution in [0.5, 0.6) is 0 Å². The molecule has 1 unspecified atom stereocenters. The molecule has 0 radical (unpaired) electrons. The van der Waals surface area contributed by atoms with E-state index in [0.29, 0.717) is 37.7 Å². The zero-order valence-electron chi connectivity index (χ0n) is 15.6. The number of nitrogens with one attached hydrogen (secondary N) is 2. The van der Waals surface area contributed by atoms with Gasteiger partial charge >= 0.3 is 0 Å². The number of benzene rings is 1. The Morgan fingerprint density at radius 1 is 1.29 bits per heavy atom. The largest absolute Gasteiger partial charge is 0.378 e. The van der Waals surface area contributed by atoms with E-state index in [2.05, 4.69) is 15.7 Å². The molecule has 1 aromatic carbocycles. The van der Waals surface area contributed by atoms with E-state index >= 15 is 0 Å². The third-order valence-corrected chi connectivity index (χ3v) is 5.00. The first-order valence-electron chi connectivity index (χ1n) is 9.39. The van der Waals surface area contributed by atoms with Crippen molar-refractivity contribution in [2.24, 2.45) is 0 Å². The fraction of sp³-hybridized carbons (Fsp3) is 0.474. The minimum Gasteiger partial charge on any atom is -0.378 e. The van der Waals surface area contributed by atoms with E-state index in [1.165, 1.54) is 12.1 Å². The number of aromatic nitrogens is 2. The Morgan fingerprint density at radius 3 is 2.86 bits per heavy atom. The number of rotatable bonds is 4. The van der Waals surface area contributed by atoms with Crippen LogP contribution < -0.4 is 15.5 Å². The molecular formula is C19H25ClFN5O2. The van der Waals surface area contributed by atoms with Crippen LogP contribution in [0.25, 0.3) is 0 Å². The number of piperidine rings is 1. The second-order valence-electron chi connectivity index (χ2n) is 6.93. The van der Waals surface area contributed by atoms with Gasteiger partial charge in [0, 0.05) is 37.2 Å². The Kier molecular flexibility index (Phi) is 6.88. The van der Waals surface area contributed by atoms with E-state index in [1.54, 1.807) is 12.1 Å². The standard InChI is InChI=1S/C19H24FN5O2.ClH/c20-14-10-15(12-17(11-14)24-6-8-27-9-7-24)22-19(26)18-3-5-25(23-18)16-2-1-4-21-13-16;/h3,5,10-12,16,21H,1-2,4,6-9,13H2,(H,22,26);1H. The van der Waals surface area contributed by atoms with Gasteiger partial charge in [0.15, 0.2) is 5.69 Å². The number of morpholine rings is 1. The summed E-state index contributed by atoms with van der Waals surface area (Å²) in [5, 5.41) is 10.5. The number of ether oxygens (including phenoxy) is 1. The molecule has 3 heterocycles. The van der Waals surface area contributed by atoms with E-state index in [1.807, 2.05) is 15.8 Å². The summed E-state index contributed by atoms with van der Waals surface area (Å²) in [5.74, 6) is -0.718. The Bertz CT molecular complexity index is 803. The number of carbonyl (C=O) groups excluding carboxylic acids is 1. The Balaban J connectivity index is 0.00000225.